The van der Waals surface area contributed by atoms with Crippen molar-refractivity contribution >= 4 is 23.7 Å². The summed E-state index contributed by atoms with van der Waals surface area (Å²) in [6.45, 7) is 7.27. The minimum atomic E-state index is -0.916. The molecule has 1 aliphatic heterocycles. The van der Waals surface area contributed by atoms with Gasteiger partial charge in [0.2, 0.25) is 0 Å². The van der Waals surface area contributed by atoms with Crippen LogP contribution in [-0.4, -0.2) is 47.3 Å². The van der Waals surface area contributed by atoms with E-state index >= 15 is 0 Å². The van der Waals surface area contributed by atoms with E-state index in [0.29, 0.717) is 12.0 Å². The Balaban J connectivity index is 1.56. The molecule has 1 spiro atoms. The molecule has 1 aliphatic carbocycles. The van der Waals surface area contributed by atoms with Gasteiger partial charge < -0.3 is 10.1 Å². The second kappa shape index (κ2) is 8.20. The van der Waals surface area contributed by atoms with Crippen molar-refractivity contribution in [1.82, 2.24) is 10.2 Å². The Morgan fingerprint density at radius 1 is 1.17 bits per heavy atom. The van der Waals surface area contributed by atoms with Crippen molar-refractivity contribution in [3.05, 3.63) is 35.4 Å². The maximum atomic E-state index is 12.9. The number of ether oxygens (including phenoxy) is 1. The van der Waals surface area contributed by atoms with E-state index in [9.17, 15) is 19.2 Å². The smallest absolute Gasteiger partial charge is 0.326 e. The zero-order chi connectivity index (χ0) is 22.1. The second-order valence-electron chi connectivity index (χ2n) is 9.35. The molecule has 3 rings (SSSR count). The molecule has 1 heterocycles. The predicted molar refractivity (Wildman–Crippen MR) is 111 cm³/mol. The van der Waals surface area contributed by atoms with Crippen molar-refractivity contribution in [2.24, 2.45) is 5.92 Å². The highest BCUT2D eigenvalue weighted by molar-refractivity contribution is 6.09. The highest BCUT2D eigenvalue weighted by Gasteiger charge is 2.55. The molecule has 2 fully saturated rings. The molecule has 2 aliphatic rings. The summed E-state index contributed by atoms with van der Waals surface area (Å²) >= 11 is 0. The molecular weight excluding hydrogens is 384 g/mol. The van der Waals surface area contributed by atoms with Crippen LogP contribution < -0.4 is 5.32 Å². The fourth-order valence-corrected chi connectivity index (χ4v) is 4.20. The minimum Gasteiger partial charge on any atom is -0.456 e. The molecule has 162 valence electrons. The number of nitrogens with one attached hydrogen (secondary N) is 1. The summed E-state index contributed by atoms with van der Waals surface area (Å²) in [5, 5.41) is 2.80. The highest BCUT2D eigenvalue weighted by atomic mass is 16.5. The standard InChI is InChI=1S/C23H30N2O5/c1-15-7-5-6-12-23(15)20(28)25(21(29)24-23)13-19(27)30-14-18(26)16-8-10-17(11-9-16)22(2,3)4/h8-11,15H,5-7,12-14H2,1-4H3,(H,24,29)/t15-,23+/m1/s1. The first-order valence-electron chi connectivity index (χ1n) is 10.5. The molecule has 0 radical (unpaired) electrons. The molecule has 0 bridgehead atoms. The Labute approximate surface area is 177 Å². The fourth-order valence-electron chi connectivity index (χ4n) is 4.20. The fraction of sp³-hybridized carbons (Fsp3) is 0.565. The summed E-state index contributed by atoms with van der Waals surface area (Å²) in [6.07, 6.45) is 3.31. The van der Waals surface area contributed by atoms with Crippen molar-refractivity contribution < 1.29 is 23.9 Å². The van der Waals surface area contributed by atoms with Crippen LogP contribution in [0.15, 0.2) is 24.3 Å². The first kappa shape index (κ1) is 22.0. The number of nitrogens with zero attached hydrogens (tertiary/aromatic N) is 1. The van der Waals surface area contributed by atoms with E-state index in [-0.39, 0.29) is 23.0 Å². The number of hydrogen-bond acceptors (Lipinski definition) is 5. The van der Waals surface area contributed by atoms with Gasteiger partial charge in [0.1, 0.15) is 12.1 Å². The number of carbonyl (C=O) groups excluding carboxylic acids is 4. The van der Waals surface area contributed by atoms with Gasteiger partial charge in [-0.2, -0.15) is 0 Å². The zero-order valence-electron chi connectivity index (χ0n) is 18.1. The van der Waals surface area contributed by atoms with Gasteiger partial charge in [-0.05, 0) is 29.7 Å². The average Bonchev–Trinajstić information content (AvgIpc) is 2.93. The lowest BCUT2D eigenvalue weighted by Gasteiger charge is -2.36. The number of amides is 3. The third kappa shape index (κ3) is 4.25. The van der Waals surface area contributed by atoms with E-state index in [1.165, 1.54) is 0 Å². The number of benzene rings is 1. The van der Waals surface area contributed by atoms with Crippen molar-refractivity contribution in [2.75, 3.05) is 13.2 Å². The van der Waals surface area contributed by atoms with Crippen LogP contribution in [0.3, 0.4) is 0 Å². The van der Waals surface area contributed by atoms with E-state index in [1.807, 2.05) is 19.1 Å². The predicted octanol–water partition coefficient (Wildman–Crippen LogP) is 3.21. The summed E-state index contributed by atoms with van der Waals surface area (Å²) < 4.78 is 5.05. The van der Waals surface area contributed by atoms with Gasteiger partial charge in [-0.1, -0.05) is 64.8 Å². The average molecular weight is 415 g/mol. The lowest BCUT2D eigenvalue weighted by Crippen LogP contribution is -2.54. The number of esters is 1. The van der Waals surface area contributed by atoms with Crippen LogP contribution in [0.5, 0.6) is 0 Å². The van der Waals surface area contributed by atoms with E-state index in [4.69, 9.17) is 4.74 Å². The van der Waals surface area contributed by atoms with Crippen molar-refractivity contribution in [3.8, 4) is 0 Å². The van der Waals surface area contributed by atoms with Gasteiger partial charge >= 0.3 is 12.0 Å². The normalized spacial score (nSPS) is 24.1. The Bertz CT molecular complexity index is 855. The summed E-state index contributed by atoms with van der Waals surface area (Å²) in [5.74, 6) is -1.47. The maximum absolute atomic E-state index is 12.9. The molecule has 1 N–H and O–H groups in total. The van der Waals surface area contributed by atoms with Crippen LogP contribution in [0.4, 0.5) is 4.79 Å². The van der Waals surface area contributed by atoms with Gasteiger partial charge in [0, 0.05) is 5.56 Å². The van der Waals surface area contributed by atoms with E-state index in [0.717, 1.165) is 29.7 Å². The molecule has 0 unspecified atom stereocenters. The lowest BCUT2D eigenvalue weighted by molar-refractivity contribution is -0.147. The number of carbonyl (C=O) groups is 4. The van der Waals surface area contributed by atoms with Gasteiger partial charge in [-0.15, -0.1) is 0 Å². The highest BCUT2D eigenvalue weighted by Crippen LogP contribution is 2.38. The molecule has 1 saturated heterocycles. The van der Waals surface area contributed by atoms with E-state index in [1.54, 1.807) is 12.1 Å². The van der Waals surface area contributed by atoms with Crippen molar-refractivity contribution in [2.45, 2.75) is 64.3 Å². The molecule has 3 amide bonds. The largest absolute Gasteiger partial charge is 0.456 e. The molecular formula is C23H30N2O5. The SMILES string of the molecule is C[C@@H]1CCCC[C@]12NC(=O)N(CC(=O)OCC(=O)c1ccc(C(C)(C)C)cc1)C2=O. The van der Waals surface area contributed by atoms with Gasteiger partial charge in [0.15, 0.2) is 12.4 Å². The van der Waals surface area contributed by atoms with Gasteiger partial charge in [-0.3, -0.25) is 19.3 Å². The zero-order valence-corrected chi connectivity index (χ0v) is 18.1. The Morgan fingerprint density at radius 2 is 1.83 bits per heavy atom. The van der Waals surface area contributed by atoms with Gasteiger partial charge in [-0.25, -0.2) is 4.79 Å². The van der Waals surface area contributed by atoms with Crippen molar-refractivity contribution in [1.29, 1.82) is 0 Å². The van der Waals surface area contributed by atoms with Crippen molar-refractivity contribution in [3.63, 3.8) is 0 Å². The number of hydrogen-bond donors (Lipinski definition) is 1. The maximum Gasteiger partial charge on any atom is 0.326 e. The molecule has 1 saturated carbocycles. The van der Waals surface area contributed by atoms with Crippen LogP contribution in [-0.2, 0) is 19.7 Å². The first-order chi connectivity index (χ1) is 14.0. The summed E-state index contributed by atoms with van der Waals surface area (Å²) in [6, 6.07) is 6.61. The number of rotatable bonds is 5. The third-order valence-corrected chi connectivity index (χ3v) is 6.23. The number of imide groups is 1. The number of Topliss-reactive ketones (excluding diaryl/α,β-unsaturated/α-hetero) is 1. The molecule has 0 aromatic heterocycles. The van der Waals surface area contributed by atoms with Gasteiger partial charge in [0.05, 0.1) is 0 Å². The van der Waals surface area contributed by atoms with E-state index < -0.39 is 30.7 Å². The summed E-state index contributed by atoms with van der Waals surface area (Å²) in [7, 11) is 0. The van der Waals surface area contributed by atoms with Crippen LogP contribution in [0.2, 0.25) is 0 Å². The van der Waals surface area contributed by atoms with Crippen LogP contribution in [0.25, 0.3) is 0 Å². The topological polar surface area (TPSA) is 92.8 Å². The first-order valence-corrected chi connectivity index (χ1v) is 10.5. The molecule has 2 atom stereocenters. The lowest BCUT2D eigenvalue weighted by atomic mass is 9.73. The molecule has 7 nitrogen and oxygen atoms in total. The molecule has 1 aromatic rings. The quantitative estimate of drug-likeness (QED) is 0.454. The molecule has 30 heavy (non-hydrogen) atoms. The Morgan fingerprint density at radius 3 is 2.43 bits per heavy atom. The minimum absolute atomic E-state index is 0.0152. The Kier molecular flexibility index (Phi) is 6.01. The van der Waals surface area contributed by atoms with Crippen LogP contribution >= 0.6 is 0 Å². The summed E-state index contributed by atoms with van der Waals surface area (Å²) in [4.78, 5) is 50.7. The van der Waals surface area contributed by atoms with Gasteiger partial charge in [0.25, 0.3) is 5.91 Å². The van der Waals surface area contributed by atoms with Crippen LogP contribution in [0.1, 0.15) is 69.3 Å². The second-order valence-corrected chi connectivity index (χ2v) is 9.35. The number of urea groups is 1. The Hall–Kier alpha value is -2.70. The molecule has 1 aromatic carbocycles. The summed E-state index contributed by atoms with van der Waals surface area (Å²) in [5.41, 5.74) is 0.603. The third-order valence-electron chi connectivity index (χ3n) is 6.23. The van der Waals surface area contributed by atoms with E-state index in [2.05, 4.69) is 26.1 Å². The monoisotopic (exact) mass is 414 g/mol. The van der Waals surface area contributed by atoms with Crippen LogP contribution in [0, 0.1) is 5.92 Å². The number of ketones is 1. The molecule has 7 heteroatoms.